The van der Waals surface area contributed by atoms with Gasteiger partial charge in [-0.1, -0.05) is 33.3 Å². The Morgan fingerprint density at radius 1 is 0.904 bits per heavy atom. The lowest BCUT2D eigenvalue weighted by Crippen LogP contribution is -2.60. The number of H-pyrrole nitrogens is 1. The molecule has 8 amide bonds. The van der Waals surface area contributed by atoms with Crippen LogP contribution in [0, 0.1) is 11.8 Å². The molecule has 0 spiro atoms. The molecule has 2 aliphatic heterocycles. The summed E-state index contributed by atoms with van der Waals surface area (Å²) in [5, 5.41) is 36.1. The van der Waals surface area contributed by atoms with Gasteiger partial charge in [-0.15, -0.1) is 11.8 Å². The van der Waals surface area contributed by atoms with Gasteiger partial charge < -0.3 is 77.7 Å². The number of benzene rings is 1. The number of thioether (sulfide) groups is 1. The third-order valence-electron chi connectivity index (χ3n) is 11.9. The highest BCUT2D eigenvalue weighted by Gasteiger charge is 2.45. The lowest BCUT2D eigenvalue weighted by Gasteiger charge is -2.32. The topological polar surface area (TPSA) is 416 Å². The maximum Gasteiger partial charge on any atom is 0.326 e. The third kappa shape index (κ3) is 16.3. The monoisotopic (exact) mass is 1050 g/mol. The Labute approximate surface area is 422 Å². The van der Waals surface area contributed by atoms with Crippen molar-refractivity contribution in [3.63, 3.8) is 0 Å². The van der Waals surface area contributed by atoms with Gasteiger partial charge in [-0.3, -0.25) is 52.7 Å². The fraction of sp³-hybridized carbons (Fsp3) is 0.556. The van der Waals surface area contributed by atoms with Crippen molar-refractivity contribution in [3.8, 4) is 5.75 Å². The van der Waals surface area contributed by atoms with Crippen LogP contribution in [0.2, 0.25) is 0 Å². The first-order chi connectivity index (χ1) is 34.3. The highest BCUT2D eigenvalue weighted by Crippen LogP contribution is 2.37. The van der Waals surface area contributed by atoms with Gasteiger partial charge in [0.15, 0.2) is 0 Å². The number of aliphatic hydroxyl groups is 1. The Balaban J connectivity index is 1.71. The molecular formula is C45H62N10O17S. The highest BCUT2D eigenvalue weighted by atomic mass is 32.2. The molecule has 4 rings (SSSR count). The number of aromatic nitrogens is 1. The summed E-state index contributed by atoms with van der Waals surface area (Å²) in [4.78, 5) is 161. The summed E-state index contributed by atoms with van der Waals surface area (Å²) in [6.45, 7) is 5.55. The molecule has 10 atom stereocenters. The first-order valence-electron chi connectivity index (χ1n) is 23.1. The van der Waals surface area contributed by atoms with Crippen molar-refractivity contribution in [1.82, 2.24) is 41.8 Å². The zero-order valence-corrected chi connectivity index (χ0v) is 41.7. The fourth-order valence-corrected chi connectivity index (χ4v) is 9.10. The molecule has 13 N–H and O–H groups in total. The second-order valence-electron chi connectivity index (χ2n) is 17.6. The van der Waals surface area contributed by atoms with E-state index in [1.54, 1.807) is 26.0 Å². The van der Waals surface area contributed by atoms with E-state index < -0.39 is 171 Å². The lowest BCUT2D eigenvalue weighted by atomic mass is 9.95. The number of nitrogens with zero attached hydrogens (tertiary/aromatic N) is 1. The number of esters is 3. The second kappa shape index (κ2) is 26.4. The molecule has 1 fully saturated rings. The van der Waals surface area contributed by atoms with Crippen LogP contribution in [0.3, 0.4) is 0 Å². The molecule has 0 saturated carbocycles. The first-order valence-corrected chi connectivity index (χ1v) is 24.1. The van der Waals surface area contributed by atoms with Crippen molar-refractivity contribution in [2.75, 3.05) is 32.0 Å². The number of carbonyl (C=O) groups is 12. The number of likely N-dealkylation sites (tertiary alicyclic amines) is 1. The number of carboxylic acid groups (broad SMARTS) is 1. The van der Waals surface area contributed by atoms with Crippen LogP contribution in [0.4, 0.5) is 0 Å². The van der Waals surface area contributed by atoms with Gasteiger partial charge in [-0.2, -0.15) is 0 Å². The molecule has 1 saturated heterocycles. The molecule has 0 aliphatic carbocycles. The Hall–Kier alpha value is -7.33. The van der Waals surface area contributed by atoms with Gasteiger partial charge in [-0.25, -0.2) is 4.79 Å². The number of aliphatic carboxylic acids is 1. The smallest absolute Gasteiger partial charge is 0.326 e. The maximum absolute atomic E-state index is 14.4. The average Bonchev–Trinajstić information content (AvgIpc) is 3.89. The van der Waals surface area contributed by atoms with Gasteiger partial charge in [0.05, 0.1) is 42.2 Å². The zero-order chi connectivity index (χ0) is 54.4. The number of ether oxygens (including phenoxy) is 3. The number of hydrogen-bond donors (Lipinski definition) is 11. The number of aliphatic hydroxyl groups excluding tert-OH is 1. The van der Waals surface area contributed by atoms with Crippen LogP contribution in [-0.2, 0) is 73.4 Å². The number of β-amino-alcohol motifs (C(OH)–C–C–N with tert-alkyl or cyclic N) is 1. The van der Waals surface area contributed by atoms with Crippen molar-refractivity contribution in [3.05, 3.63) is 23.8 Å². The van der Waals surface area contributed by atoms with E-state index in [4.69, 9.17) is 25.7 Å². The first kappa shape index (κ1) is 58.2. The number of carboxylic acids is 1. The number of fused-ring (bicyclic) bond motifs is 3. The van der Waals surface area contributed by atoms with Crippen molar-refractivity contribution >= 4 is 93.8 Å². The number of nitrogens with one attached hydrogen (secondary N) is 7. The molecule has 3 heterocycles. The molecule has 1 aromatic carbocycles. The fourth-order valence-electron chi connectivity index (χ4n) is 7.99. The Kier molecular flexibility index (Phi) is 21.1. The Morgan fingerprint density at radius 2 is 1.56 bits per heavy atom. The van der Waals surface area contributed by atoms with E-state index in [0.29, 0.717) is 22.9 Å². The van der Waals surface area contributed by atoms with E-state index >= 15 is 0 Å². The molecule has 73 heavy (non-hydrogen) atoms. The number of aromatic amines is 1. The molecule has 400 valence electrons. The quantitative estimate of drug-likeness (QED) is 0.0570. The average molecular weight is 1050 g/mol. The van der Waals surface area contributed by atoms with Crippen LogP contribution in [0.5, 0.6) is 5.75 Å². The molecule has 27 nitrogen and oxygen atoms in total. The van der Waals surface area contributed by atoms with Crippen LogP contribution in [0.15, 0.2) is 23.2 Å². The largest absolute Gasteiger partial charge is 0.480 e. The van der Waals surface area contributed by atoms with Gasteiger partial charge in [0.2, 0.25) is 47.3 Å². The molecule has 2 aliphatic rings. The number of rotatable bonds is 16. The van der Waals surface area contributed by atoms with Gasteiger partial charge in [0, 0.05) is 50.8 Å². The minimum Gasteiger partial charge on any atom is -0.480 e. The van der Waals surface area contributed by atoms with Crippen molar-refractivity contribution in [2.45, 2.75) is 121 Å². The van der Waals surface area contributed by atoms with Crippen LogP contribution in [0.25, 0.3) is 10.9 Å². The molecule has 28 heteroatoms. The molecule has 5 unspecified atom stereocenters. The van der Waals surface area contributed by atoms with Crippen LogP contribution < -0.4 is 48.1 Å². The summed E-state index contributed by atoms with van der Waals surface area (Å²) in [5.41, 5.74) is 12.6. The van der Waals surface area contributed by atoms with Crippen molar-refractivity contribution in [1.29, 1.82) is 0 Å². The number of carbonyl (C=O) groups excluding carboxylic acids is 11. The Bertz CT molecular complexity index is 2470. The van der Waals surface area contributed by atoms with Crippen LogP contribution in [-0.4, -0.2) is 172 Å². The summed E-state index contributed by atoms with van der Waals surface area (Å²) in [7, 11) is 0. The number of hydrogen-bond acceptors (Lipinski definition) is 18. The van der Waals surface area contributed by atoms with E-state index in [9.17, 15) is 67.7 Å². The summed E-state index contributed by atoms with van der Waals surface area (Å²) >= 11 is 0.909. The minimum atomic E-state index is -1.88. The predicted octanol–water partition coefficient (Wildman–Crippen LogP) is -3.66. The maximum atomic E-state index is 14.4. The summed E-state index contributed by atoms with van der Waals surface area (Å²) in [6.07, 6.45) is -3.93. The van der Waals surface area contributed by atoms with Gasteiger partial charge >= 0.3 is 23.9 Å². The van der Waals surface area contributed by atoms with E-state index in [2.05, 4.69) is 36.9 Å². The SMILES string of the molecule is CC[C@H](C)[C@@H]1NC(=O)CNC(=O)C(N)Cc2c([nH]c3cccc(OC(C)=O)c23)SCC(C(=O)NC(CC(N)=O)C(=O)N2CC(O)C[C@H]2C(=O)N[C@H](C(=O)O)C(C)[C@H](COC(C)=O)OC(C)=O)NC(=O)CNC1=O. The Morgan fingerprint density at radius 3 is 2.16 bits per heavy atom. The molecular weight excluding hydrogens is 985 g/mol. The summed E-state index contributed by atoms with van der Waals surface area (Å²) in [5.74, 6) is -13.7. The molecule has 0 radical (unpaired) electrons. The molecule has 1 aromatic heterocycles. The summed E-state index contributed by atoms with van der Waals surface area (Å²) in [6, 6.07) is -4.78. The van der Waals surface area contributed by atoms with E-state index in [0.717, 1.165) is 30.5 Å². The lowest BCUT2D eigenvalue weighted by molar-refractivity contribution is -0.162. The van der Waals surface area contributed by atoms with Gasteiger partial charge in [-0.05, 0) is 30.0 Å². The number of primary amides is 1. The molecule has 2 aromatic rings. The van der Waals surface area contributed by atoms with Crippen LogP contribution in [0.1, 0.15) is 66.4 Å². The number of amides is 8. The minimum absolute atomic E-state index is 0.0805. The van der Waals surface area contributed by atoms with Crippen molar-refractivity contribution < 1.29 is 82.0 Å². The second-order valence-corrected chi connectivity index (χ2v) is 18.6. The van der Waals surface area contributed by atoms with E-state index in [1.807, 2.05) is 0 Å². The van der Waals surface area contributed by atoms with Crippen LogP contribution >= 0.6 is 11.8 Å². The van der Waals surface area contributed by atoms with E-state index in [1.165, 1.54) is 19.9 Å². The third-order valence-corrected chi connectivity index (χ3v) is 13.0. The zero-order valence-electron chi connectivity index (χ0n) is 40.9. The summed E-state index contributed by atoms with van der Waals surface area (Å²) < 4.78 is 15.6. The number of nitrogens with two attached hydrogens (primary N) is 2. The van der Waals surface area contributed by atoms with Crippen molar-refractivity contribution in [2.24, 2.45) is 23.3 Å². The van der Waals surface area contributed by atoms with Gasteiger partial charge in [0.1, 0.15) is 48.7 Å². The predicted molar refractivity (Wildman–Crippen MR) is 254 cm³/mol. The van der Waals surface area contributed by atoms with Gasteiger partial charge in [0.25, 0.3) is 0 Å². The standard InChI is InChI=1S/C45H62N10O17S/c1-7-19(2)37-42(66)49-14-34(61)50-29(18-73-43-25(12-26(46)39(63)48-15-35(62)53-37)36-27(52-43)9-8-10-31(36)71-22(5)57)40(64)51-28(13-33(47)60)44(67)55-16-24(59)11-30(55)41(65)54-38(45(68)69)20(3)32(72-23(6)58)17-70-21(4)56/h8-10,19-20,24,26,28-30,32,37-38,52,59H,7,11-18,46H2,1-6H3,(H2,47,60)(H,48,63)(H,49,66)(H,50,61)(H,51,64)(H,53,62)(H,54,65)(H,68,69)/t19-,20?,24?,26?,28?,29?,30-,32-,37-,38-/m0/s1. The highest BCUT2D eigenvalue weighted by molar-refractivity contribution is 7.99. The molecule has 0 bridgehead atoms. The van der Waals surface area contributed by atoms with E-state index in [-0.39, 0.29) is 22.9 Å². The normalized spacial score (nSPS) is 22.1.